The van der Waals surface area contributed by atoms with Crippen molar-refractivity contribution in [2.24, 2.45) is 0 Å². The van der Waals surface area contributed by atoms with Crippen molar-refractivity contribution >= 4 is 23.4 Å². The molecule has 1 aromatic rings. The van der Waals surface area contributed by atoms with Gasteiger partial charge in [0.05, 0.1) is 0 Å². The molecule has 0 bridgehead atoms. The first-order chi connectivity index (χ1) is 7.69. The molecule has 0 saturated heterocycles. The van der Waals surface area contributed by atoms with E-state index in [1.165, 1.54) is 0 Å². The molecule has 90 valence electrons. The molecule has 0 amide bonds. The van der Waals surface area contributed by atoms with Gasteiger partial charge >= 0.3 is 0 Å². The maximum absolute atomic E-state index is 4.27. The second-order valence-electron chi connectivity index (χ2n) is 3.73. The Morgan fingerprint density at radius 2 is 2.06 bits per heavy atom. The molecule has 0 aliphatic carbocycles. The van der Waals surface area contributed by atoms with Gasteiger partial charge < -0.3 is 10.6 Å². The van der Waals surface area contributed by atoms with Gasteiger partial charge in [-0.3, -0.25) is 0 Å². The zero-order valence-electron chi connectivity index (χ0n) is 10.4. The van der Waals surface area contributed by atoms with Crippen molar-refractivity contribution in [2.75, 3.05) is 29.2 Å². The zero-order valence-corrected chi connectivity index (χ0v) is 11.2. The van der Waals surface area contributed by atoms with Gasteiger partial charge in [0.25, 0.3) is 0 Å². The van der Waals surface area contributed by atoms with Crippen molar-refractivity contribution in [3.8, 4) is 0 Å². The van der Waals surface area contributed by atoms with Crippen LogP contribution in [0.15, 0.2) is 6.33 Å². The Balaban J connectivity index is 2.76. The van der Waals surface area contributed by atoms with Crippen LogP contribution < -0.4 is 10.6 Å². The summed E-state index contributed by atoms with van der Waals surface area (Å²) in [5.74, 6) is 2.91. The fourth-order valence-electron chi connectivity index (χ4n) is 1.47. The minimum Gasteiger partial charge on any atom is -0.370 e. The Morgan fingerprint density at radius 1 is 1.38 bits per heavy atom. The first kappa shape index (κ1) is 13.1. The van der Waals surface area contributed by atoms with E-state index >= 15 is 0 Å². The van der Waals surface area contributed by atoms with E-state index < -0.39 is 0 Å². The van der Waals surface area contributed by atoms with Crippen LogP contribution in [0.1, 0.15) is 19.4 Å². The van der Waals surface area contributed by atoms with E-state index in [1.807, 2.05) is 18.7 Å². The van der Waals surface area contributed by atoms with Crippen LogP contribution in [0, 0.1) is 6.92 Å². The fraction of sp³-hybridized carbons (Fsp3) is 0.636. The minimum atomic E-state index is 0.415. The van der Waals surface area contributed by atoms with Crippen LogP contribution in [0.25, 0.3) is 0 Å². The van der Waals surface area contributed by atoms with E-state index in [-0.39, 0.29) is 0 Å². The van der Waals surface area contributed by atoms with Crippen LogP contribution in [0.2, 0.25) is 0 Å². The highest BCUT2D eigenvalue weighted by atomic mass is 32.2. The summed E-state index contributed by atoms with van der Waals surface area (Å²) in [5, 5.41) is 6.62. The number of rotatable bonds is 6. The number of anilines is 2. The van der Waals surface area contributed by atoms with E-state index in [0.29, 0.717) is 6.04 Å². The Morgan fingerprint density at radius 3 is 2.69 bits per heavy atom. The van der Waals surface area contributed by atoms with Gasteiger partial charge in [0.1, 0.15) is 18.0 Å². The SMILES string of the molecule is CCNc1ncnc(NC(C)CSC)c1C. The van der Waals surface area contributed by atoms with Gasteiger partial charge in [-0.25, -0.2) is 9.97 Å². The smallest absolute Gasteiger partial charge is 0.134 e. The average Bonchev–Trinajstić information content (AvgIpc) is 2.24. The van der Waals surface area contributed by atoms with E-state index in [2.05, 4.69) is 40.7 Å². The molecule has 2 N–H and O–H groups in total. The molecule has 0 aliphatic rings. The van der Waals surface area contributed by atoms with Crippen LogP contribution in [-0.2, 0) is 0 Å². The number of hydrogen-bond acceptors (Lipinski definition) is 5. The second-order valence-corrected chi connectivity index (χ2v) is 4.64. The van der Waals surface area contributed by atoms with E-state index in [0.717, 1.165) is 29.5 Å². The molecular formula is C11H20N4S. The Kier molecular flexibility index (Phi) is 5.38. The van der Waals surface area contributed by atoms with Gasteiger partial charge in [0, 0.05) is 23.9 Å². The molecule has 4 nitrogen and oxygen atoms in total. The molecule has 0 radical (unpaired) electrons. The van der Waals surface area contributed by atoms with Gasteiger partial charge in [-0.2, -0.15) is 11.8 Å². The summed E-state index contributed by atoms with van der Waals surface area (Å²) in [7, 11) is 0. The monoisotopic (exact) mass is 240 g/mol. The maximum Gasteiger partial charge on any atom is 0.134 e. The lowest BCUT2D eigenvalue weighted by Gasteiger charge is -2.16. The Hall–Kier alpha value is -0.970. The van der Waals surface area contributed by atoms with Gasteiger partial charge in [-0.1, -0.05) is 0 Å². The topological polar surface area (TPSA) is 49.8 Å². The predicted molar refractivity (Wildman–Crippen MR) is 72.4 cm³/mol. The first-order valence-corrected chi connectivity index (χ1v) is 6.89. The third-order valence-electron chi connectivity index (χ3n) is 2.23. The number of thioether (sulfide) groups is 1. The molecule has 0 spiro atoms. The lowest BCUT2D eigenvalue weighted by molar-refractivity contribution is 0.895. The summed E-state index contributed by atoms with van der Waals surface area (Å²) < 4.78 is 0. The number of nitrogens with zero attached hydrogens (tertiary/aromatic N) is 2. The first-order valence-electron chi connectivity index (χ1n) is 5.50. The van der Waals surface area contributed by atoms with E-state index in [9.17, 15) is 0 Å². The average molecular weight is 240 g/mol. The quantitative estimate of drug-likeness (QED) is 0.799. The van der Waals surface area contributed by atoms with Crippen LogP contribution in [0.5, 0.6) is 0 Å². The molecular weight excluding hydrogens is 220 g/mol. The minimum absolute atomic E-state index is 0.415. The van der Waals surface area contributed by atoms with Gasteiger partial charge in [-0.15, -0.1) is 0 Å². The standard InChI is InChI=1S/C11H20N4S/c1-5-12-10-9(3)11(14-7-13-10)15-8(2)6-16-4/h7-8H,5-6H2,1-4H3,(H2,12,13,14,15). The van der Waals surface area contributed by atoms with Crippen molar-refractivity contribution < 1.29 is 0 Å². The molecule has 0 saturated carbocycles. The largest absolute Gasteiger partial charge is 0.370 e. The van der Waals surface area contributed by atoms with Crippen LogP contribution in [-0.4, -0.2) is 34.6 Å². The van der Waals surface area contributed by atoms with Crippen molar-refractivity contribution in [1.82, 2.24) is 9.97 Å². The van der Waals surface area contributed by atoms with Crippen molar-refractivity contribution in [2.45, 2.75) is 26.8 Å². The van der Waals surface area contributed by atoms with Crippen LogP contribution in [0.4, 0.5) is 11.6 Å². The lowest BCUT2D eigenvalue weighted by Crippen LogP contribution is -2.20. The molecule has 16 heavy (non-hydrogen) atoms. The van der Waals surface area contributed by atoms with Gasteiger partial charge in [-0.05, 0) is 27.0 Å². The van der Waals surface area contributed by atoms with E-state index in [1.54, 1.807) is 6.33 Å². The Bertz CT molecular complexity index is 330. The maximum atomic E-state index is 4.27. The molecule has 1 rings (SSSR count). The molecule has 0 aromatic carbocycles. The summed E-state index contributed by atoms with van der Waals surface area (Å²) in [4.78, 5) is 8.49. The molecule has 1 heterocycles. The van der Waals surface area contributed by atoms with Gasteiger partial charge in [0.15, 0.2) is 0 Å². The number of aromatic nitrogens is 2. The highest BCUT2D eigenvalue weighted by Crippen LogP contribution is 2.19. The number of nitrogens with one attached hydrogen (secondary N) is 2. The number of hydrogen-bond donors (Lipinski definition) is 2. The molecule has 5 heteroatoms. The van der Waals surface area contributed by atoms with Gasteiger partial charge in [0.2, 0.25) is 0 Å². The van der Waals surface area contributed by atoms with Crippen molar-refractivity contribution in [3.63, 3.8) is 0 Å². The second kappa shape index (κ2) is 6.58. The van der Waals surface area contributed by atoms with Crippen LogP contribution >= 0.6 is 11.8 Å². The highest BCUT2D eigenvalue weighted by molar-refractivity contribution is 7.98. The summed E-state index contributed by atoms with van der Waals surface area (Å²) in [6, 6.07) is 0.415. The fourth-order valence-corrected chi connectivity index (χ4v) is 2.05. The summed E-state index contributed by atoms with van der Waals surface area (Å²) >= 11 is 1.83. The molecule has 1 atom stereocenters. The van der Waals surface area contributed by atoms with Crippen molar-refractivity contribution in [1.29, 1.82) is 0 Å². The summed E-state index contributed by atoms with van der Waals surface area (Å²) in [6.45, 7) is 7.12. The molecule has 1 aromatic heterocycles. The highest BCUT2D eigenvalue weighted by Gasteiger charge is 2.08. The third kappa shape index (κ3) is 3.56. The molecule has 1 unspecified atom stereocenters. The lowest BCUT2D eigenvalue weighted by atomic mass is 10.3. The third-order valence-corrected chi connectivity index (χ3v) is 3.06. The van der Waals surface area contributed by atoms with Crippen molar-refractivity contribution in [3.05, 3.63) is 11.9 Å². The van der Waals surface area contributed by atoms with E-state index in [4.69, 9.17) is 0 Å². The summed E-state index contributed by atoms with van der Waals surface area (Å²) in [6.07, 6.45) is 3.70. The normalized spacial score (nSPS) is 12.2. The predicted octanol–water partition coefficient (Wildman–Crippen LogP) is 2.38. The molecule has 0 fully saturated rings. The summed E-state index contributed by atoms with van der Waals surface area (Å²) in [5.41, 5.74) is 1.08. The van der Waals surface area contributed by atoms with Crippen LogP contribution in [0.3, 0.4) is 0 Å². The zero-order chi connectivity index (χ0) is 12.0. The molecule has 0 aliphatic heterocycles. The Labute approximate surface area is 102 Å².